The highest BCUT2D eigenvalue weighted by Gasteiger charge is 2.39. The van der Waals surface area contributed by atoms with Crippen LogP contribution in [0.15, 0.2) is 0 Å². The lowest BCUT2D eigenvalue weighted by Crippen LogP contribution is -2.42. The van der Waals surface area contributed by atoms with Gasteiger partial charge in [-0.1, -0.05) is 13.8 Å². The second-order valence-electron chi connectivity index (χ2n) is 7.29. The zero-order valence-electron chi connectivity index (χ0n) is 14.1. The van der Waals surface area contributed by atoms with Crippen molar-refractivity contribution >= 4 is 16.9 Å². The van der Waals surface area contributed by atoms with Crippen LogP contribution in [0.3, 0.4) is 0 Å². The van der Waals surface area contributed by atoms with Gasteiger partial charge in [0.1, 0.15) is 17.5 Å². The van der Waals surface area contributed by atoms with Crippen LogP contribution < -0.4 is 0 Å². The number of carbonyl (C=O) groups is 1. The lowest BCUT2D eigenvalue weighted by atomic mass is 9.80. The molecule has 1 aliphatic carbocycles. The Kier molecular flexibility index (Phi) is 6.39. The molecule has 0 saturated heterocycles. The molecule has 0 aliphatic heterocycles. The summed E-state index contributed by atoms with van der Waals surface area (Å²) < 4.78 is 11.2. The van der Waals surface area contributed by atoms with Gasteiger partial charge in [-0.05, 0) is 56.3 Å². The number of ether oxygens (including phenoxy) is 2. The largest absolute Gasteiger partial charge is 0.458 e. The molecule has 0 aromatic carbocycles. The lowest BCUT2D eigenvalue weighted by Gasteiger charge is -2.37. The number of rotatable bonds is 4. The van der Waals surface area contributed by atoms with E-state index in [4.69, 9.17) is 9.47 Å². The maximum absolute atomic E-state index is 11.7. The van der Waals surface area contributed by atoms with Gasteiger partial charge < -0.3 is 9.47 Å². The van der Waals surface area contributed by atoms with Crippen LogP contribution in [-0.2, 0) is 25.2 Å². The quantitative estimate of drug-likeness (QED) is 0.591. The highest BCUT2D eigenvalue weighted by Crippen LogP contribution is 2.34. The molecule has 20 heavy (non-hydrogen) atoms. The van der Waals surface area contributed by atoms with Gasteiger partial charge in [-0.25, -0.2) is 4.79 Å². The van der Waals surface area contributed by atoms with Crippen molar-refractivity contribution in [2.75, 3.05) is 19.1 Å². The topological polar surface area (TPSA) is 35.5 Å². The van der Waals surface area contributed by atoms with Crippen molar-refractivity contribution in [3.63, 3.8) is 0 Å². The minimum absolute atomic E-state index is 0.0747. The van der Waals surface area contributed by atoms with E-state index in [1.54, 1.807) is 0 Å². The fourth-order valence-corrected chi connectivity index (χ4v) is 4.38. The second kappa shape index (κ2) is 7.17. The van der Waals surface area contributed by atoms with Crippen LogP contribution >= 0.6 is 0 Å². The minimum atomic E-state index is -0.436. The van der Waals surface area contributed by atoms with Gasteiger partial charge >= 0.3 is 5.97 Å². The maximum atomic E-state index is 11.7. The molecule has 2 atom stereocenters. The van der Waals surface area contributed by atoms with E-state index in [1.165, 1.54) is 12.8 Å². The van der Waals surface area contributed by atoms with Gasteiger partial charge in [0.15, 0.2) is 0 Å². The SMILES string of the molecule is CC1CC([S+](C)C)CC(C)C1OCC(=O)OC(C)(C)C. The monoisotopic (exact) mass is 303 g/mol. The van der Waals surface area contributed by atoms with E-state index in [0.717, 1.165) is 5.25 Å². The van der Waals surface area contributed by atoms with Crippen molar-refractivity contribution in [2.45, 2.75) is 64.4 Å². The third kappa shape index (κ3) is 5.65. The van der Waals surface area contributed by atoms with Crippen molar-refractivity contribution < 1.29 is 14.3 Å². The maximum Gasteiger partial charge on any atom is 0.332 e. The standard InChI is InChI=1S/C16H31O3S/c1-11-8-13(20(6)7)9-12(2)15(11)18-10-14(17)19-16(3,4)5/h11-13,15H,8-10H2,1-7H3/q+1. The zero-order chi connectivity index (χ0) is 15.5. The molecule has 3 nitrogen and oxygen atoms in total. The summed E-state index contributed by atoms with van der Waals surface area (Å²) in [5, 5.41) is 0.807. The summed E-state index contributed by atoms with van der Waals surface area (Å²) in [5.41, 5.74) is -0.436. The number of carbonyl (C=O) groups excluding carboxylic acids is 1. The van der Waals surface area contributed by atoms with E-state index >= 15 is 0 Å². The van der Waals surface area contributed by atoms with Gasteiger partial charge in [0, 0.05) is 0 Å². The Balaban J connectivity index is 2.46. The summed E-state index contributed by atoms with van der Waals surface area (Å²) in [6, 6.07) is 0. The molecule has 4 heteroatoms. The molecule has 1 saturated carbocycles. The number of hydrogen-bond donors (Lipinski definition) is 0. The molecule has 0 aromatic heterocycles. The van der Waals surface area contributed by atoms with Crippen LogP contribution in [0.5, 0.6) is 0 Å². The van der Waals surface area contributed by atoms with Gasteiger partial charge in [0.05, 0.1) is 18.6 Å². The Labute approximate surface area is 127 Å². The molecule has 0 spiro atoms. The first-order chi connectivity index (χ1) is 9.10. The molecule has 118 valence electrons. The molecule has 2 unspecified atom stereocenters. The fourth-order valence-electron chi connectivity index (χ4n) is 3.00. The van der Waals surface area contributed by atoms with Crippen molar-refractivity contribution in [2.24, 2.45) is 11.8 Å². The first-order valence-electron chi connectivity index (χ1n) is 7.50. The predicted octanol–water partition coefficient (Wildman–Crippen LogP) is 3.03. The van der Waals surface area contributed by atoms with Gasteiger partial charge in [-0.15, -0.1) is 0 Å². The van der Waals surface area contributed by atoms with Gasteiger partial charge in [-0.2, -0.15) is 0 Å². The molecule has 0 bridgehead atoms. The Morgan fingerprint density at radius 1 is 1.15 bits per heavy atom. The molecule has 1 rings (SSSR count). The van der Waals surface area contributed by atoms with E-state index in [0.29, 0.717) is 22.7 Å². The highest BCUT2D eigenvalue weighted by atomic mass is 32.2. The number of esters is 1. The Bertz CT molecular complexity index is 310. The summed E-state index contributed by atoms with van der Waals surface area (Å²) in [4.78, 5) is 11.7. The summed E-state index contributed by atoms with van der Waals surface area (Å²) in [5.74, 6) is 0.770. The van der Waals surface area contributed by atoms with Crippen LogP contribution in [0.2, 0.25) is 0 Å². The van der Waals surface area contributed by atoms with E-state index < -0.39 is 5.60 Å². The van der Waals surface area contributed by atoms with E-state index in [9.17, 15) is 4.79 Å². The van der Waals surface area contributed by atoms with Crippen LogP contribution in [0.1, 0.15) is 47.5 Å². The van der Waals surface area contributed by atoms with E-state index in [-0.39, 0.29) is 18.7 Å². The molecule has 0 amide bonds. The van der Waals surface area contributed by atoms with E-state index in [2.05, 4.69) is 26.4 Å². The van der Waals surface area contributed by atoms with Crippen molar-refractivity contribution in [1.82, 2.24) is 0 Å². The Hall–Kier alpha value is -0.220. The van der Waals surface area contributed by atoms with Crippen LogP contribution in [0, 0.1) is 11.8 Å². The van der Waals surface area contributed by atoms with Crippen molar-refractivity contribution in [3.8, 4) is 0 Å². The summed E-state index contributed by atoms with van der Waals surface area (Å²) in [6.45, 7) is 10.2. The smallest absolute Gasteiger partial charge is 0.332 e. The highest BCUT2D eigenvalue weighted by molar-refractivity contribution is 7.96. The Morgan fingerprint density at radius 2 is 1.65 bits per heavy atom. The van der Waals surface area contributed by atoms with Gasteiger partial charge in [0.25, 0.3) is 0 Å². The molecule has 1 aliphatic rings. The number of hydrogen-bond acceptors (Lipinski definition) is 3. The molecule has 0 radical (unpaired) electrons. The minimum Gasteiger partial charge on any atom is -0.458 e. The van der Waals surface area contributed by atoms with Crippen molar-refractivity contribution in [3.05, 3.63) is 0 Å². The van der Waals surface area contributed by atoms with Crippen LogP contribution in [0.4, 0.5) is 0 Å². The lowest BCUT2D eigenvalue weighted by molar-refractivity contribution is -0.165. The molecular formula is C16H31O3S+. The molecule has 0 N–H and O–H groups in total. The molecule has 0 aromatic rings. The summed E-state index contributed by atoms with van der Waals surface area (Å²) in [6.07, 6.45) is 7.25. The van der Waals surface area contributed by atoms with Crippen LogP contribution in [0.25, 0.3) is 0 Å². The van der Waals surface area contributed by atoms with Gasteiger partial charge in [-0.3, -0.25) is 0 Å². The normalized spacial score (nSPS) is 31.4. The summed E-state index contributed by atoms with van der Waals surface area (Å²) in [7, 11) is 0.468. The van der Waals surface area contributed by atoms with Crippen LogP contribution in [-0.4, -0.2) is 42.0 Å². The molecule has 0 heterocycles. The Morgan fingerprint density at radius 3 is 2.05 bits per heavy atom. The molecular weight excluding hydrogens is 272 g/mol. The summed E-state index contributed by atoms with van der Waals surface area (Å²) >= 11 is 0. The average Bonchev–Trinajstić information content (AvgIpc) is 2.24. The third-order valence-corrected chi connectivity index (χ3v) is 5.59. The fraction of sp³-hybridized carbons (Fsp3) is 0.938. The van der Waals surface area contributed by atoms with E-state index in [1.807, 2.05) is 20.8 Å². The first-order valence-corrected chi connectivity index (χ1v) is 9.60. The predicted molar refractivity (Wildman–Crippen MR) is 86.1 cm³/mol. The zero-order valence-corrected chi connectivity index (χ0v) is 14.9. The average molecular weight is 303 g/mol. The third-order valence-electron chi connectivity index (χ3n) is 3.87. The van der Waals surface area contributed by atoms with Gasteiger partial charge in [0.2, 0.25) is 0 Å². The second-order valence-corrected chi connectivity index (χ2v) is 9.72. The van der Waals surface area contributed by atoms with Crippen molar-refractivity contribution in [1.29, 1.82) is 0 Å². The first kappa shape index (κ1) is 17.8. The molecule has 1 fully saturated rings.